The Morgan fingerprint density at radius 3 is 2.71 bits per heavy atom. The van der Waals surface area contributed by atoms with Gasteiger partial charge in [-0.2, -0.15) is 0 Å². The van der Waals surface area contributed by atoms with Crippen LogP contribution in [0.15, 0.2) is 6.07 Å². The Kier molecular flexibility index (Phi) is 3.64. The molecule has 0 radical (unpaired) electrons. The summed E-state index contributed by atoms with van der Waals surface area (Å²) in [6.45, 7) is 3.72. The van der Waals surface area contributed by atoms with Crippen LogP contribution in [-0.2, 0) is 11.2 Å². The summed E-state index contributed by atoms with van der Waals surface area (Å²) in [5, 5.41) is 0.133. The average molecular weight is 215 g/mol. The van der Waals surface area contributed by atoms with E-state index in [0.717, 1.165) is 17.4 Å². The number of hydrogen-bond acceptors (Lipinski definition) is 1. The van der Waals surface area contributed by atoms with Crippen LogP contribution in [0.4, 0.5) is 4.39 Å². The van der Waals surface area contributed by atoms with Gasteiger partial charge in [-0.25, -0.2) is 4.39 Å². The lowest BCUT2D eigenvalue weighted by molar-refractivity contribution is -0.107. The molecule has 76 valence electrons. The fourth-order valence-electron chi connectivity index (χ4n) is 1.41. The molecular weight excluding hydrogens is 203 g/mol. The Hall–Kier alpha value is -0.890. The van der Waals surface area contributed by atoms with Crippen molar-refractivity contribution in [3.05, 3.63) is 33.6 Å². The Labute approximate surface area is 87.9 Å². The lowest BCUT2D eigenvalue weighted by Gasteiger charge is -2.10. The summed E-state index contributed by atoms with van der Waals surface area (Å²) in [7, 11) is 0. The summed E-state index contributed by atoms with van der Waals surface area (Å²) in [6, 6.07) is 1.61. The molecule has 0 spiro atoms. The molecule has 3 heteroatoms. The van der Waals surface area contributed by atoms with Gasteiger partial charge in [0, 0.05) is 6.42 Å². The maximum absolute atomic E-state index is 13.5. The van der Waals surface area contributed by atoms with E-state index >= 15 is 0 Å². The molecule has 14 heavy (non-hydrogen) atoms. The maximum Gasteiger partial charge on any atom is 0.145 e. The molecule has 0 heterocycles. The van der Waals surface area contributed by atoms with Crippen LogP contribution in [0.1, 0.15) is 23.1 Å². The molecule has 0 N–H and O–H groups in total. The lowest BCUT2D eigenvalue weighted by atomic mass is 9.99. The summed E-state index contributed by atoms with van der Waals surface area (Å²) < 4.78 is 13.5. The minimum Gasteiger partial charge on any atom is -0.303 e. The van der Waals surface area contributed by atoms with Crippen LogP contribution in [0.3, 0.4) is 0 Å². The Balaban J connectivity index is 3.17. The van der Waals surface area contributed by atoms with E-state index in [1.165, 1.54) is 0 Å². The monoisotopic (exact) mass is 214 g/mol. The second kappa shape index (κ2) is 4.56. The number of aldehydes is 1. The Morgan fingerprint density at radius 1 is 1.50 bits per heavy atom. The molecule has 0 aliphatic rings. The smallest absolute Gasteiger partial charge is 0.145 e. The number of halogens is 2. The highest BCUT2D eigenvalue weighted by atomic mass is 35.5. The minimum absolute atomic E-state index is 0.133. The van der Waals surface area contributed by atoms with E-state index in [1.807, 2.05) is 13.8 Å². The molecule has 0 saturated heterocycles. The predicted molar refractivity (Wildman–Crippen MR) is 55.3 cm³/mol. The summed E-state index contributed by atoms with van der Waals surface area (Å²) in [6.07, 6.45) is 1.54. The van der Waals surface area contributed by atoms with Gasteiger partial charge in [0.2, 0.25) is 0 Å². The third-order valence-electron chi connectivity index (χ3n) is 2.37. The van der Waals surface area contributed by atoms with Gasteiger partial charge in [-0.1, -0.05) is 11.6 Å². The Bertz CT molecular complexity index is 335. The molecule has 0 atom stereocenters. The number of carbonyl (C=O) groups is 1. The number of rotatable bonds is 3. The van der Waals surface area contributed by atoms with Crippen LogP contribution in [0.25, 0.3) is 0 Å². The average Bonchev–Trinajstić information content (AvgIpc) is 2.15. The van der Waals surface area contributed by atoms with Gasteiger partial charge in [-0.3, -0.25) is 0 Å². The number of aryl methyl sites for hydroxylation is 1. The van der Waals surface area contributed by atoms with Crippen molar-refractivity contribution < 1.29 is 9.18 Å². The molecule has 1 nitrogen and oxygen atoms in total. The second-order valence-corrected chi connectivity index (χ2v) is 3.71. The molecule has 0 fully saturated rings. The van der Waals surface area contributed by atoms with Crippen molar-refractivity contribution in [2.45, 2.75) is 26.7 Å². The zero-order chi connectivity index (χ0) is 10.7. The van der Waals surface area contributed by atoms with Gasteiger partial charge in [0.15, 0.2) is 0 Å². The van der Waals surface area contributed by atoms with Crippen LogP contribution in [0.2, 0.25) is 5.02 Å². The molecule has 0 aliphatic heterocycles. The molecule has 0 aromatic heterocycles. The molecule has 0 amide bonds. The third-order valence-corrected chi connectivity index (χ3v) is 2.65. The van der Waals surface area contributed by atoms with Crippen LogP contribution < -0.4 is 0 Å². The van der Waals surface area contributed by atoms with Crippen LogP contribution >= 0.6 is 11.6 Å². The van der Waals surface area contributed by atoms with Crippen molar-refractivity contribution >= 4 is 17.9 Å². The van der Waals surface area contributed by atoms with Gasteiger partial charge >= 0.3 is 0 Å². The minimum atomic E-state index is -0.392. The first-order valence-corrected chi connectivity index (χ1v) is 4.83. The largest absolute Gasteiger partial charge is 0.303 e. The topological polar surface area (TPSA) is 17.1 Å². The molecule has 1 aromatic rings. The van der Waals surface area contributed by atoms with E-state index in [4.69, 9.17) is 11.6 Å². The third kappa shape index (κ3) is 2.13. The SMILES string of the molecule is Cc1cc(Cl)c(F)c(CCC=O)c1C. The maximum atomic E-state index is 13.5. The van der Waals surface area contributed by atoms with E-state index in [9.17, 15) is 9.18 Å². The van der Waals surface area contributed by atoms with Gasteiger partial charge in [0.25, 0.3) is 0 Å². The molecule has 1 rings (SSSR count). The van der Waals surface area contributed by atoms with Crippen LogP contribution in [0, 0.1) is 19.7 Å². The highest BCUT2D eigenvalue weighted by molar-refractivity contribution is 6.30. The fraction of sp³-hybridized carbons (Fsp3) is 0.364. The Morgan fingerprint density at radius 2 is 2.14 bits per heavy atom. The van der Waals surface area contributed by atoms with Gasteiger partial charge in [0.05, 0.1) is 5.02 Å². The van der Waals surface area contributed by atoms with E-state index in [-0.39, 0.29) is 5.02 Å². The van der Waals surface area contributed by atoms with Crippen molar-refractivity contribution in [3.63, 3.8) is 0 Å². The van der Waals surface area contributed by atoms with Gasteiger partial charge in [-0.15, -0.1) is 0 Å². The molecule has 0 unspecified atom stereocenters. The zero-order valence-corrected chi connectivity index (χ0v) is 8.99. The highest BCUT2D eigenvalue weighted by Crippen LogP contribution is 2.25. The predicted octanol–water partition coefficient (Wildman–Crippen LogP) is 3.23. The van der Waals surface area contributed by atoms with Crippen molar-refractivity contribution in [3.8, 4) is 0 Å². The lowest BCUT2D eigenvalue weighted by Crippen LogP contribution is -1.99. The second-order valence-electron chi connectivity index (χ2n) is 3.30. The van der Waals surface area contributed by atoms with Crippen LogP contribution in [0.5, 0.6) is 0 Å². The van der Waals surface area contributed by atoms with Gasteiger partial charge < -0.3 is 4.79 Å². The highest BCUT2D eigenvalue weighted by Gasteiger charge is 2.11. The van der Waals surface area contributed by atoms with E-state index in [0.29, 0.717) is 18.4 Å². The van der Waals surface area contributed by atoms with Crippen molar-refractivity contribution in [1.82, 2.24) is 0 Å². The number of hydrogen-bond donors (Lipinski definition) is 0. The van der Waals surface area contributed by atoms with Crippen molar-refractivity contribution in [1.29, 1.82) is 0 Å². The summed E-state index contributed by atoms with van der Waals surface area (Å²) >= 11 is 5.71. The quantitative estimate of drug-likeness (QED) is 0.706. The molecule has 1 aromatic carbocycles. The summed E-state index contributed by atoms with van der Waals surface area (Å²) in [5.74, 6) is -0.392. The molecule has 0 saturated carbocycles. The van der Waals surface area contributed by atoms with Gasteiger partial charge in [0.1, 0.15) is 12.1 Å². The molecule has 0 aliphatic carbocycles. The normalized spacial score (nSPS) is 10.3. The fourth-order valence-corrected chi connectivity index (χ4v) is 1.69. The van der Waals surface area contributed by atoms with Crippen LogP contribution in [-0.4, -0.2) is 6.29 Å². The zero-order valence-electron chi connectivity index (χ0n) is 8.23. The van der Waals surface area contributed by atoms with E-state index < -0.39 is 5.82 Å². The summed E-state index contributed by atoms with van der Waals surface area (Å²) in [4.78, 5) is 10.2. The first-order chi connectivity index (χ1) is 6.57. The van der Waals surface area contributed by atoms with E-state index in [1.54, 1.807) is 6.07 Å². The van der Waals surface area contributed by atoms with Gasteiger partial charge in [-0.05, 0) is 43.0 Å². The number of benzene rings is 1. The standard InChI is InChI=1S/C11H12ClFO/c1-7-6-10(12)11(13)9(8(7)2)4-3-5-14/h5-6H,3-4H2,1-2H3. The van der Waals surface area contributed by atoms with E-state index in [2.05, 4.69) is 0 Å². The van der Waals surface area contributed by atoms with Crippen molar-refractivity contribution in [2.75, 3.05) is 0 Å². The van der Waals surface area contributed by atoms with Crippen molar-refractivity contribution in [2.24, 2.45) is 0 Å². The molecular formula is C11H12ClFO. The number of carbonyl (C=O) groups excluding carboxylic acids is 1. The first kappa shape index (κ1) is 11.2. The first-order valence-electron chi connectivity index (χ1n) is 4.45. The summed E-state index contributed by atoms with van der Waals surface area (Å²) in [5.41, 5.74) is 2.40. The molecule has 0 bridgehead atoms.